The molecule has 134 valence electrons. The zero-order valence-electron chi connectivity index (χ0n) is 13.8. The second-order valence-corrected chi connectivity index (χ2v) is 7.97. The van der Waals surface area contributed by atoms with Gasteiger partial charge in [-0.2, -0.15) is 9.29 Å². The summed E-state index contributed by atoms with van der Waals surface area (Å²) in [7, 11) is -3.61. The van der Waals surface area contributed by atoms with Crippen molar-refractivity contribution in [2.24, 2.45) is 0 Å². The maximum atomic E-state index is 12.6. The molecule has 1 fully saturated rings. The minimum atomic E-state index is -3.61. The molecule has 2 aromatic heterocycles. The first kappa shape index (κ1) is 16.7. The van der Waals surface area contributed by atoms with Crippen LogP contribution in [0.4, 0.5) is 0 Å². The van der Waals surface area contributed by atoms with E-state index in [4.69, 9.17) is 8.94 Å². The van der Waals surface area contributed by atoms with Crippen LogP contribution in [0.3, 0.4) is 0 Å². The fraction of sp³-hybridized carbons (Fsp3) is 0.235. The van der Waals surface area contributed by atoms with E-state index in [2.05, 4.69) is 10.1 Å². The Morgan fingerprint density at radius 1 is 1.19 bits per heavy atom. The number of Topliss-reactive ketones (excluding diaryl/α,β-unsaturated/α-hetero) is 1. The van der Waals surface area contributed by atoms with E-state index in [1.807, 2.05) is 0 Å². The van der Waals surface area contributed by atoms with Gasteiger partial charge in [0.25, 0.3) is 0 Å². The Labute approximate surface area is 149 Å². The molecule has 1 saturated heterocycles. The topological polar surface area (TPSA) is 107 Å². The number of hydrogen-bond donors (Lipinski definition) is 0. The highest BCUT2D eigenvalue weighted by molar-refractivity contribution is 7.89. The summed E-state index contributed by atoms with van der Waals surface area (Å²) < 4.78 is 37.0. The van der Waals surface area contributed by atoms with E-state index in [0.29, 0.717) is 23.0 Å². The number of nitrogens with zero attached hydrogens (tertiary/aromatic N) is 3. The summed E-state index contributed by atoms with van der Waals surface area (Å²) in [5, 5.41) is 3.85. The van der Waals surface area contributed by atoms with Crippen molar-refractivity contribution in [1.29, 1.82) is 0 Å². The summed E-state index contributed by atoms with van der Waals surface area (Å²) >= 11 is 0. The molecule has 1 aliphatic rings. The van der Waals surface area contributed by atoms with Gasteiger partial charge < -0.3 is 8.94 Å². The number of hydrogen-bond acceptors (Lipinski definition) is 7. The average molecular weight is 373 g/mol. The number of carbonyl (C=O) groups excluding carboxylic acids is 1. The van der Waals surface area contributed by atoms with Gasteiger partial charge in [0.2, 0.25) is 21.7 Å². The van der Waals surface area contributed by atoms with Gasteiger partial charge in [-0.3, -0.25) is 4.79 Å². The molecule has 0 N–H and O–H groups in total. The molecule has 0 atom stereocenters. The highest BCUT2D eigenvalue weighted by Gasteiger charge is 2.40. The minimum Gasteiger partial charge on any atom is -0.461 e. The van der Waals surface area contributed by atoms with Crippen LogP contribution in [0.25, 0.3) is 11.6 Å². The van der Waals surface area contributed by atoms with Crippen molar-refractivity contribution in [3.63, 3.8) is 0 Å². The lowest BCUT2D eigenvalue weighted by molar-refractivity contribution is 0.101. The maximum absolute atomic E-state index is 12.6. The summed E-state index contributed by atoms with van der Waals surface area (Å²) in [6.07, 6.45) is 1.51. The predicted molar refractivity (Wildman–Crippen MR) is 89.9 cm³/mol. The fourth-order valence-corrected chi connectivity index (χ4v) is 4.24. The molecule has 3 heterocycles. The van der Waals surface area contributed by atoms with Crippen LogP contribution >= 0.6 is 0 Å². The molecule has 0 saturated carbocycles. The molecular weight excluding hydrogens is 358 g/mol. The van der Waals surface area contributed by atoms with Gasteiger partial charge in [-0.15, -0.1) is 0 Å². The van der Waals surface area contributed by atoms with Crippen LogP contribution in [0.15, 0.2) is 56.5 Å². The first-order valence-electron chi connectivity index (χ1n) is 7.94. The van der Waals surface area contributed by atoms with E-state index < -0.39 is 10.0 Å². The van der Waals surface area contributed by atoms with Gasteiger partial charge in [-0.05, 0) is 31.2 Å². The van der Waals surface area contributed by atoms with Crippen molar-refractivity contribution in [2.45, 2.75) is 17.7 Å². The fourth-order valence-electron chi connectivity index (χ4n) is 2.71. The standard InChI is InChI=1S/C17H15N3O5S/c1-11(21)12-4-6-14(7-5-12)26(22,23)20-9-13(10-20)17-18-16(19-25-17)15-3-2-8-24-15/h2-8,13H,9-10H2,1H3. The zero-order valence-corrected chi connectivity index (χ0v) is 14.6. The second kappa shape index (κ2) is 6.19. The van der Waals surface area contributed by atoms with Gasteiger partial charge in [-0.25, -0.2) is 8.42 Å². The van der Waals surface area contributed by atoms with E-state index in [0.717, 1.165) is 0 Å². The number of carbonyl (C=O) groups is 1. The van der Waals surface area contributed by atoms with Gasteiger partial charge in [0.1, 0.15) is 0 Å². The lowest BCUT2D eigenvalue weighted by Gasteiger charge is -2.35. The quantitative estimate of drug-likeness (QED) is 0.632. The van der Waals surface area contributed by atoms with Crippen LogP contribution in [0, 0.1) is 0 Å². The van der Waals surface area contributed by atoms with Crippen LogP contribution in [-0.4, -0.2) is 41.7 Å². The summed E-state index contributed by atoms with van der Waals surface area (Å²) in [5.41, 5.74) is 0.474. The molecule has 8 nitrogen and oxygen atoms in total. The molecule has 0 spiro atoms. The van der Waals surface area contributed by atoms with Crippen molar-refractivity contribution in [3.8, 4) is 11.6 Å². The Balaban J connectivity index is 1.46. The number of sulfonamides is 1. The first-order chi connectivity index (χ1) is 12.4. The predicted octanol–water partition coefficient (Wildman–Crippen LogP) is 2.32. The smallest absolute Gasteiger partial charge is 0.243 e. The molecule has 1 aromatic carbocycles. The van der Waals surface area contributed by atoms with E-state index in [-0.39, 0.29) is 29.7 Å². The normalized spacial score (nSPS) is 15.7. The molecule has 4 rings (SSSR count). The van der Waals surface area contributed by atoms with Crippen molar-refractivity contribution in [2.75, 3.05) is 13.1 Å². The van der Waals surface area contributed by atoms with Gasteiger partial charge in [0, 0.05) is 18.7 Å². The second-order valence-electron chi connectivity index (χ2n) is 6.03. The molecule has 3 aromatic rings. The Morgan fingerprint density at radius 2 is 1.92 bits per heavy atom. The Bertz CT molecular complexity index is 1030. The summed E-state index contributed by atoms with van der Waals surface area (Å²) in [6, 6.07) is 9.36. The van der Waals surface area contributed by atoms with E-state index in [1.54, 1.807) is 12.1 Å². The van der Waals surface area contributed by atoms with Gasteiger partial charge in [0.15, 0.2) is 11.5 Å². The maximum Gasteiger partial charge on any atom is 0.243 e. The molecule has 0 unspecified atom stereocenters. The number of benzene rings is 1. The van der Waals surface area contributed by atoms with E-state index in [9.17, 15) is 13.2 Å². The Hall–Kier alpha value is -2.78. The minimum absolute atomic E-state index is 0.110. The number of aromatic nitrogens is 2. The molecule has 0 radical (unpaired) electrons. The van der Waals surface area contributed by atoms with Crippen LogP contribution in [0.1, 0.15) is 29.1 Å². The van der Waals surface area contributed by atoms with Crippen LogP contribution < -0.4 is 0 Å². The zero-order chi connectivity index (χ0) is 18.3. The SMILES string of the molecule is CC(=O)c1ccc(S(=O)(=O)N2CC(c3nc(-c4ccco4)no3)C2)cc1. The highest BCUT2D eigenvalue weighted by atomic mass is 32.2. The molecule has 9 heteroatoms. The van der Waals surface area contributed by atoms with Crippen molar-refractivity contribution >= 4 is 15.8 Å². The van der Waals surface area contributed by atoms with Crippen molar-refractivity contribution in [1.82, 2.24) is 14.4 Å². The first-order valence-corrected chi connectivity index (χ1v) is 9.38. The molecular formula is C17H15N3O5S. The van der Waals surface area contributed by atoms with Crippen molar-refractivity contribution in [3.05, 3.63) is 54.1 Å². The third kappa shape index (κ3) is 2.85. The molecule has 1 aliphatic heterocycles. The highest BCUT2D eigenvalue weighted by Crippen LogP contribution is 2.32. The molecule has 0 amide bonds. The number of furan rings is 1. The molecule has 0 aliphatic carbocycles. The number of rotatable bonds is 5. The third-order valence-electron chi connectivity index (χ3n) is 4.28. The van der Waals surface area contributed by atoms with Crippen LogP contribution in [0.2, 0.25) is 0 Å². The third-order valence-corrected chi connectivity index (χ3v) is 6.13. The summed E-state index contributed by atoms with van der Waals surface area (Å²) in [6.45, 7) is 1.96. The monoisotopic (exact) mass is 373 g/mol. The lowest BCUT2D eigenvalue weighted by Crippen LogP contribution is -2.48. The van der Waals surface area contributed by atoms with Gasteiger partial charge in [0.05, 0.1) is 17.1 Å². The van der Waals surface area contributed by atoms with Gasteiger partial charge >= 0.3 is 0 Å². The number of ketones is 1. The average Bonchev–Trinajstić information content (AvgIpc) is 3.24. The van der Waals surface area contributed by atoms with Crippen LogP contribution in [0.5, 0.6) is 0 Å². The largest absolute Gasteiger partial charge is 0.461 e. The summed E-state index contributed by atoms with van der Waals surface area (Å²) in [4.78, 5) is 15.7. The van der Waals surface area contributed by atoms with E-state index in [1.165, 1.54) is 41.8 Å². The van der Waals surface area contributed by atoms with Crippen LogP contribution in [-0.2, 0) is 10.0 Å². The van der Waals surface area contributed by atoms with Gasteiger partial charge in [-0.1, -0.05) is 17.3 Å². The Kier molecular flexibility index (Phi) is 3.97. The Morgan fingerprint density at radius 3 is 2.54 bits per heavy atom. The molecule has 0 bridgehead atoms. The summed E-state index contributed by atoms with van der Waals surface area (Å²) in [5.74, 6) is 0.953. The van der Waals surface area contributed by atoms with Crippen molar-refractivity contribution < 1.29 is 22.2 Å². The lowest BCUT2D eigenvalue weighted by atomic mass is 10.0. The van der Waals surface area contributed by atoms with E-state index >= 15 is 0 Å². The molecule has 26 heavy (non-hydrogen) atoms.